The Balaban J connectivity index is 1.70. The Kier molecular flexibility index (Phi) is 5.58. The molecule has 1 heterocycles. The number of anilines is 1. The molecule has 2 aromatic rings. The highest BCUT2D eigenvalue weighted by Gasteiger charge is 2.37. The molecule has 0 radical (unpaired) electrons. The van der Waals surface area contributed by atoms with Gasteiger partial charge in [-0.2, -0.15) is 0 Å². The van der Waals surface area contributed by atoms with Crippen LogP contribution in [0.3, 0.4) is 0 Å². The van der Waals surface area contributed by atoms with E-state index in [0.29, 0.717) is 15.9 Å². The van der Waals surface area contributed by atoms with Gasteiger partial charge >= 0.3 is 0 Å². The van der Waals surface area contributed by atoms with E-state index in [-0.39, 0.29) is 18.0 Å². The first-order valence-electron chi connectivity index (χ1n) is 7.77. The maximum absolute atomic E-state index is 13.6. The fourth-order valence-corrected chi connectivity index (χ4v) is 3.70. The number of amidine groups is 1. The van der Waals surface area contributed by atoms with E-state index in [1.807, 2.05) is 0 Å². The number of amides is 2. The Morgan fingerprint density at radius 2 is 1.96 bits per heavy atom. The minimum atomic E-state index is -0.618. The zero-order valence-corrected chi connectivity index (χ0v) is 15.4. The van der Waals surface area contributed by atoms with Gasteiger partial charge < -0.3 is 5.32 Å². The molecule has 26 heavy (non-hydrogen) atoms. The summed E-state index contributed by atoms with van der Waals surface area (Å²) in [5.74, 6) is -1.19. The van der Waals surface area contributed by atoms with Crippen molar-refractivity contribution in [3.63, 3.8) is 0 Å². The third-order valence-electron chi connectivity index (χ3n) is 3.73. The van der Waals surface area contributed by atoms with Crippen LogP contribution in [0.4, 0.5) is 15.8 Å². The van der Waals surface area contributed by atoms with E-state index >= 15 is 0 Å². The first kappa shape index (κ1) is 18.4. The predicted octanol–water partition coefficient (Wildman–Crippen LogP) is 4.07. The summed E-state index contributed by atoms with van der Waals surface area (Å²) in [5, 5.41) is 2.81. The molecule has 3 rings (SSSR count). The van der Waals surface area contributed by atoms with E-state index in [1.165, 1.54) is 34.9 Å². The molecule has 1 saturated heterocycles. The number of hydrogen-bond acceptors (Lipinski definition) is 4. The van der Waals surface area contributed by atoms with Gasteiger partial charge in [0, 0.05) is 13.5 Å². The molecule has 2 aromatic carbocycles. The number of halogens is 2. The smallest absolute Gasteiger partial charge is 0.242 e. The molecule has 0 bridgehead atoms. The molecule has 0 spiro atoms. The number of aliphatic imine (C=N–C) groups is 1. The SMILES string of the molecule is CN1C(=O)[C@@H](CC(=O)Nc2ccccc2F)SC1=Nc1ccccc1Cl. The summed E-state index contributed by atoms with van der Waals surface area (Å²) < 4.78 is 13.6. The van der Waals surface area contributed by atoms with Crippen LogP contribution in [0.5, 0.6) is 0 Å². The molecular weight excluding hydrogens is 377 g/mol. The molecule has 5 nitrogen and oxygen atoms in total. The average Bonchev–Trinajstić information content (AvgIpc) is 2.87. The first-order valence-corrected chi connectivity index (χ1v) is 9.03. The molecule has 8 heteroatoms. The van der Waals surface area contributed by atoms with Crippen molar-refractivity contribution in [3.05, 3.63) is 59.4 Å². The maximum Gasteiger partial charge on any atom is 0.242 e. The molecule has 1 N–H and O–H groups in total. The Hall–Kier alpha value is -2.38. The highest BCUT2D eigenvalue weighted by atomic mass is 35.5. The number of benzene rings is 2. The van der Waals surface area contributed by atoms with Crippen LogP contribution in [0.1, 0.15) is 6.42 Å². The molecule has 0 saturated carbocycles. The monoisotopic (exact) mass is 391 g/mol. The maximum atomic E-state index is 13.6. The third-order valence-corrected chi connectivity index (χ3v) is 5.28. The van der Waals surface area contributed by atoms with E-state index in [4.69, 9.17) is 11.6 Å². The van der Waals surface area contributed by atoms with E-state index in [1.54, 1.807) is 37.4 Å². The van der Waals surface area contributed by atoms with Crippen LogP contribution < -0.4 is 5.32 Å². The number of carbonyl (C=O) groups excluding carboxylic acids is 2. The topological polar surface area (TPSA) is 61.8 Å². The third kappa shape index (κ3) is 4.05. The number of para-hydroxylation sites is 2. The summed E-state index contributed by atoms with van der Waals surface area (Å²) in [6.45, 7) is 0. The molecule has 1 fully saturated rings. The van der Waals surface area contributed by atoms with Gasteiger partial charge in [-0.15, -0.1) is 0 Å². The number of nitrogens with one attached hydrogen (secondary N) is 1. The molecule has 0 unspecified atom stereocenters. The van der Waals surface area contributed by atoms with Crippen molar-refractivity contribution in [2.75, 3.05) is 12.4 Å². The number of nitrogens with zero attached hydrogens (tertiary/aromatic N) is 2. The van der Waals surface area contributed by atoms with Crippen LogP contribution in [0.2, 0.25) is 5.02 Å². The van der Waals surface area contributed by atoms with Crippen molar-refractivity contribution in [1.82, 2.24) is 4.90 Å². The predicted molar refractivity (Wildman–Crippen MR) is 102 cm³/mol. The van der Waals surface area contributed by atoms with Gasteiger partial charge in [0.05, 0.1) is 16.4 Å². The van der Waals surface area contributed by atoms with Crippen molar-refractivity contribution < 1.29 is 14.0 Å². The molecular formula is C18H15ClFN3O2S. The minimum absolute atomic E-state index is 0.0796. The van der Waals surface area contributed by atoms with Gasteiger partial charge in [-0.25, -0.2) is 9.38 Å². The highest BCUT2D eigenvalue weighted by molar-refractivity contribution is 8.15. The molecule has 134 valence electrons. The molecule has 1 atom stereocenters. The summed E-state index contributed by atoms with van der Waals surface area (Å²) in [7, 11) is 1.60. The summed E-state index contributed by atoms with van der Waals surface area (Å²) in [4.78, 5) is 30.4. The molecule has 0 aliphatic carbocycles. The average molecular weight is 392 g/mol. The fraction of sp³-hybridized carbons (Fsp3) is 0.167. The van der Waals surface area contributed by atoms with Crippen LogP contribution in [-0.4, -0.2) is 34.2 Å². The van der Waals surface area contributed by atoms with Crippen molar-refractivity contribution in [2.24, 2.45) is 4.99 Å². The first-order chi connectivity index (χ1) is 12.5. The second-order valence-corrected chi connectivity index (χ2v) is 7.16. The largest absolute Gasteiger partial charge is 0.324 e. The summed E-state index contributed by atoms with van der Waals surface area (Å²) in [6.07, 6.45) is -0.0796. The molecule has 0 aromatic heterocycles. The summed E-state index contributed by atoms with van der Waals surface area (Å²) >= 11 is 7.28. The lowest BCUT2D eigenvalue weighted by atomic mass is 10.2. The van der Waals surface area contributed by atoms with Crippen LogP contribution in [-0.2, 0) is 9.59 Å². The lowest BCUT2D eigenvalue weighted by Gasteiger charge is -2.09. The van der Waals surface area contributed by atoms with Gasteiger partial charge in [-0.3, -0.25) is 14.5 Å². The van der Waals surface area contributed by atoms with E-state index in [2.05, 4.69) is 10.3 Å². The zero-order chi connectivity index (χ0) is 18.7. The van der Waals surface area contributed by atoms with Crippen LogP contribution >= 0.6 is 23.4 Å². The van der Waals surface area contributed by atoms with Crippen LogP contribution in [0, 0.1) is 5.82 Å². The summed E-state index contributed by atoms with van der Waals surface area (Å²) in [5.41, 5.74) is 0.638. The van der Waals surface area contributed by atoms with Gasteiger partial charge in [-0.1, -0.05) is 47.6 Å². The second kappa shape index (κ2) is 7.88. The molecule has 1 aliphatic rings. The van der Waals surface area contributed by atoms with Crippen molar-refractivity contribution in [3.8, 4) is 0 Å². The Labute approximate surface area is 159 Å². The lowest BCUT2D eigenvalue weighted by Crippen LogP contribution is -2.30. The lowest BCUT2D eigenvalue weighted by molar-refractivity contribution is -0.127. The van der Waals surface area contributed by atoms with Gasteiger partial charge in [0.2, 0.25) is 11.8 Å². The van der Waals surface area contributed by atoms with Gasteiger partial charge in [0.25, 0.3) is 0 Å². The van der Waals surface area contributed by atoms with Gasteiger partial charge in [0.15, 0.2) is 5.17 Å². The van der Waals surface area contributed by atoms with E-state index in [0.717, 1.165) is 0 Å². The van der Waals surface area contributed by atoms with Crippen LogP contribution in [0.15, 0.2) is 53.5 Å². The van der Waals surface area contributed by atoms with Crippen LogP contribution in [0.25, 0.3) is 0 Å². The quantitative estimate of drug-likeness (QED) is 0.854. The highest BCUT2D eigenvalue weighted by Crippen LogP contribution is 2.33. The fourth-order valence-electron chi connectivity index (χ4n) is 2.37. The van der Waals surface area contributed by atoms with Crippen molar-refractivity contribution in [2.45, 2.75) is 11.7 Å². The number of carbonyl (C=O) groups is 2. The Morgan fingerprint density at radius 1 is 1.27 bits per heavy atom. The van der Waals surface area contributed by atoms with E-state index < -0.39 is 17.0 Å². The van der Waals surface area contributed by atoms with Gasteiger partial charge in [-0.05, 0) is 24.3 Å². The number of hydrogen-bond donors (Lipinski definition) is 1. The number of thioether (sulfide) groups is 1. The molecule has 1 aliphatic heterocycles. The minimum Gasteiger partial charge on any atom is -0.324 e. The zero-order valence-electron chi connectivity index (χ0n) is 13.8. The van der Waals surface area contributed by atoms with E-state index in [9.17, 15) is 14.0 Å². The van der Waals surface area contributed by atoms with Gasteiger partial charge in [0.1, 0.15) is 11.1 Å². The standard InChI is InChI=1S/C18H15ClFN3O2S/c1-23-17(25)15(10-16(24)21-14-9-5-3-7-12(14)20)26-18(23)22-13-8-4-2-6-11(13)19/h2-9,15H,10H2,1H3,(H,21,24)/t15-/m1/s1. The van der Waals surface area contributed by atoms with Crippen molar-refractivity contribution >= 4 is 51.7 Å². The number of rotatable bonds is 4. The molecule has 2 amide bonds. The summed E-state index contributed by atoms with van der Waals surface area (Å²) in [6, 6.07) is 12.9. The Morgan fingerprint density at radius 3 is 2.69 bits per heavy atom. The van der Waals surface area contributed by atoms with Crippen molar-refractivity contribution in [1.29, 1.82) is 0 Å². The normalized spacial score (nSPS) is 18.4. The second-order valence-electron chi connectivity index (χ2n) is 5.58. The Bertz CT molecular complexity index is 890.